The van der Waals surface area contributed by atoms with Gasteiger partial charge in [0.1, 0.15) is 11.6 Å². The molecule has 9 heteroatoms. The predicted octanol–water partition coefficient (Wildman–Crippen LogP) is 3.20. The smallest absolute Gasteiger partial charge is 0.209 e. The second-order valence-corrected chi connectivity index (χ2v) is 6.18. The highest BCUT2D eigenvalue weighted by atomic mass is 35.5. The van der Waals surface area contributed by atoms with Gasteiger partial charge in [-0.1, -0.05) is 12.1 Å². The third kappa shape index (κ3) is 4.50. The van der Waals surface area contributed by atoms with E-state index in [1.165, 1.54) is 6.07 Å². The lowest BCUT2D eigenvalue weighted by molar-refractivity contribution is 0.132. The molecule has 1 fully saturated rings. The predicted molar refractivity (Wildman–Crippen MR) is 106 cm³/mol. The standard InChI is InChI=1S/C18H20FN5O.2ClH/c1-23-8-7-21-18(23)15-10-20-6-9-24(15)12-17-22-11-16(25-17)13-4-2-3-5-14(13)19;;/h2-5,7-8,11,15,20H,6,9-10,12H2,1H3;2*1H. The molecule has 1 aliphatic rings. The molecule has 2 aromatic heterocycles. The van der Waals surface area contributed by atoms with Crippen LogP contribution in [-0.2, 0) is 13.6 Å². The molecule has 0 aliphatic carbocycles. The Morgan fingerprint density at radius 3 is 2.81 bits per heavy atom. The van der Waals surface area contributed by atoms with Crippen LogP contribution in [0.25, 0.3) is 11.3 Å². The van der Waals surface area contributed by atoms with Crippen LogP contribution in [0, 0.1) is 5.82 Å². The fourth-order valence-electron chi connectivity index (χ4n) is 3.23. The summed E-state index contributed by atoms with van der Waals surface area (Å²) in [4.78, 5) is 11.1. The van der Waals surface area contributed by atoms with E-state index in [1.807, 2.05) is 24.0 Å². The summed E-state index contributed by atoms with van der Waals surface area (Å²) < 4.78 is 21.8. The molecule has 1 aromatic carbocycles. The minimum absolute atomic E-state index is 0. The van der Waals surface area contributed by atoms with Crippen LogP contribution in [0.15, 0.2) is 47.3 Å². The van der Waals surface area contributed by atoms with Crippen molar-refractivity contribution in [3.63, 3.8) is 0 Å². The average Bonchev–Trinajstić information content (AvgIpc) is 3.25. The second-order valence-electron chi connectivity index (χ2n) is 6.18. The first-order valence-electron chi connectivity index (χ1n) is 8.34. The number of hydrogen-bond donors (Lipinski definition) is 1. The fraction of sp³-hybridized carbons (Fsp3) is 0.333. The Balaban J connectivity index is 0.00000131. The molecule has 0 saturated carbocycles. The molecule has 1 N–H and O–H groups in total. The third-order valence-corrected chi connectivity index (χ3v) is 4.54. The van der Waals surface area contributed by atoms with Gasteiger partial charge in [0.05, 0.1) is 24.3 Å². The first-order valence-corrected chi connectivity index (χ1v) is 8.34. The van der Waals surface area contributed by atoms with E-state index in [1.54, 1.807) is 24.4 Å². The zero-order chi connectivity index (χ0) is 17.2. The number of nitrogens with zero attached hydrogens (tertiary/aromatic N) is 4. The first kappa shape index (κ1) is 21.4. The van der Waals surface area contributed by atoms with E-state index in [2.05, 4.69) is 20.2 Å². The SMILES string of the molecule is Cl.Cl.Cn1ccnc1C1CNCCN1Cc1ncc(-c2ccccc2F)o1. The van der Waals surface area contributed by atoms with Crippen molar-refractivity contribution >= 4 is 24.8 Å². The highest BCUT2D eigenvalue weighted by Gasteiger charge is 2.28. The van der Waals surface area contributed by atoms with Crippen LogP contribution in [0.4, 0.5) is 4.39 Å². The molecule has 3 heterocycles. The number of aryl methyl sites for hydroxylation is 1. The average molecular weight is 414 g/mol. The van der Waals surface area contributed by atoms with E-state index >= 15 is 0 Å². The van der Waals surface area contributed by atoms with E-state index in [4.69, 9.17) is 4.42 Å². The number of rotatable bonds is 4. The molecule has 1 saturated heterocycles. The molecular formula is C18H22Cl2FN5O. The Hall–Kier alpha value is -1.93. The van der Waals surface area contributed by atoms with Crippen molar-refractivity contribution in [1.82, 2.24) is 24.8 Å². The van der Waals surface area contributed by atoms with E-state index in [9.17, 15) is 4.39 Å². The number of piperazine rings is 1. The minimum Gasteiger partial charge on any atom is -0.439 e. The Kier molecular flexibility index (Phi) is 7.38. The van der Waals surface area contributed by atoms with Crippen LogP contribution in [0.5, 0.6) is 0 Å². The molecule has 146 valence electrons. The highest BCUT2D eigenvalue weighted by molar-refractivity contribution is 5.85. The Morgan fingerprint density at radius 2 is 2.07 bits per heavy atom. The van der Waals surface area contributed by atoms with Gasteiger partial charge < -0.3 is 14.3 Å². The summed E-state index contributed by atoms with van der Waals surface area (Å²) in [5.41, 5.74) is 0.433. The van der Waals surface area contributed by atoms with Crippen LogP contribution in [0.1, 0.15) is 17.8 Å². The third-order valence-electron chi connectivity index (χ3n) is 4.54. The summed E-state index contributed by atoms with van der Waals surface area (Å²) in [6, 6.07) is 6.71. The normalized spacial score (nSPS) is 17.2. The van der Waals surface area contributed by atoms with Gasteiger partial charge in [0.25, 0.3) is 0 Å². The van der Waals surface area contributed by atoms with Crippen molar-refractivity contribution in [2.75, 3.05) is 19.6 Å². The summed E-state index contributed by atoms with van der Waals surface area (Å²) in [6.45, 7) is 3.16. The molecule has 4 rings (SSSR count). The lowest BCUT2D eigenvalue weighted by Crippen LogP contribution is -2.46. The van der Waals surface area contributed by atoms with Gasteiger partial charge in [0.15, 0.2) is 5.76 Å². The molecule has 0 bridgehead atoms. The fourth-order valence-corrected chi connectivity index (χ4v) is 3.23. The van der Waals surface area contributed by atoms with Crippen molar-refractivity contribution in [1.29, 1.82) is 0 Å². The number of halogens is 3. The van der Waals surface area contributed by atoms with Crippen molar-refractivity contribution in [2.24, 2.45) is 7.05 Å². The van der Waals surface area contributed by atoms with Crippen molar-refractivity contribution in [3.8, 4) is 11.3 Å². The van der Waals surface area contributed by atoms with Crippen molar-refractivity contribution < 1.29 is 8.81 Å². The van der Waals surface area contributed by atoms with Gasteiger partial charge in [0.2, 0.25) is 5.89 Å². The van der Waals surface area contributed by atoms with E-state index in [0.717, 1.165) is 25.5 Å². The number of aromatic nitrogens is 3. The molecule has 1 aliphatic heterocycles. The maximum atomic E-state index is 13.9. The number of oxazole rings is 1. The van der Waals surface area contributed by atoms with Crippen molar-refractivity contribution in [2.45, 2.75) is 12.6 Å². The summed E-state index contributed by atoms with van der Waals surface area (Å²) in [5, 5.41) is 3.41. The van der Waals surface area contributed by atoms with Crippen LogP contribution >= 0.6 is 24.8 Å². The van der Waals surface area contributed by atoms with Gasteiger partial charge in [-0.25, -0.2) is 14.4 Å². The minimum atomic E-state index is -0.307. The monoisotopic (exact) mass is 413 g/mol. The molecule has 3 aromatic rings. The number of benzene rings is 1. The summed E-state index contributed by atoms with van der Waals surface area (Å²) >= 11 is 0. The quantitative estimate of drug-likeness (QED) is 0.711. The molecule has 0 radical (unpaired) electrons. The Morgan fingerprint density at radius 1 is 1.26 bits per heavy atom. The maximum Gasteiger partial charge on any atom is 0.209 e. The maximum absolute atomic E-state index is 13.9. The van der Waals surface area contributed by atoms with E-state index < -0.39 is 0 Å². The molecule has 0 spiro atoms. The summed E-state index contributed by atoms with van der Waals surface area (Å²) in [6.07, 6.45) is 5.35. The molecule has 6 nitrogen and oxygen atoms in total. The largest absolute Gasteiger partial charge is 0.439 e. The van der Waals surface area contributed by atoms with Crippen LogP contribution < -0.4 is 5.32 Å². The highest BCUT2D eigenvalue weighted by Crippen LogP contribution is 2.26. The lowest BCUT2D eigenvalue weighted by atomic mass is 10.1. The molecule has 0 amide bonds. The van der Waals surface area contributed by atoms with Crippen LogP contribution in [0.2, 0.25) is 0 Å². The van der Waals surface area contributed by atoms with Gasteiger partial charge in [-0.3, -0.25) is 4.90 Å². The molecule has 1 unspecified atom stereocenters. The number of imidazole rings is 1. The molecular weight excluding hydrogens is 392 g/mol. The lowest BCUT2D eigenvalue weighted by Gasteiger charge is -2.34. The van der Waals surface area contributed by atoms with E-state index in [0.29, 0.717) is 23.8 Å². The van der Waals surface area contributed by atoms with Gasteiger partial charge in [-0.15, -0.1) is 24.8 Å². The zero-order valence-electron chi connectivity index (χ0n) is 14.8. The zero-order valence-corrected chi connectivity index (χ0v) is 16.5. The Labute approximate surface area is 169 Å². The summed E-state index contributed by atoms with van der Waals surface area (Å²) in [5.74, 6) is 1.74. The van der Waals surface area contributed by atoms with Gasteiger partial charge in [0, 0.05) is 39.1 Å². The summed E-state index contributed by atoms with van der Waals surface area (Å²) in [7, 11) is 2.00. The second kappa shape index (κ2) is 9.32. The van der Waals surface area contributed by atoms with Crippen molar-refractivity contribution in [3.05, 3.63) is 60.4 Å². The Bertz CT molecular complexity index is 869. The van der Waals surface area contributed by atoms with E-state index in [-0.39, 0.29) is 36.7 Å². The van der Waals surface area contributed by atoms with Gasteiger partial charge in [-0.05, 0) is 12.1 Å². The van der Waals surface area contributed by atoms with Gasteiger partial charge >= 0.3 is 0 Å². The topological polar surface area (TPSA) is 59.1 Å². The van der Waals surface area contributed by atoms with Crippen LogP contribution in [-0.4, -0.2) is 39.1 Å². The number of nitrogens with one attached hydrogen (secondary N) is 1. The first-order chi connectivity index (χ1) is 12.2. The molecule has 27 heavy (non-hydrogen) atoms. The molecule has 1 atom stereocenters. The number of hydrogen-bond acceptors (Lipinski definition) is 5. The van der Waals surface area contributed by atoms with Crippen LogP contribution in [0.3, 0.4) is 0 Å². The van der Waals surface area contributed by atoms with Gasteiger partial charge in [-0.2, -0.15) is 0 Å².